The molecule has 1 aromatic carbocycles. The first-order valence-corrected chi connectivity index (χ1v) is 9.15. The number of benzene rings is 1. The van der Waals surface area contributed by atoms with Crippen LogP contribution in [0, 0.1) is 11.7 Å². The summed E-state index contributed by atoms with van der Waals surface area (Å²) in [4.78, 5) is 32.7. The Labute approximate surface area is 171 Å². The van der Waals surface area contributed by atoms with Crippen molar-refractivity contribution >= 4 is 29.1 Å². The molecule has 0 unspecified atom stereocenters. The molecule has 9 heteroatoms. The van der Waals surface area contributed by atoms with Gasteiger partial charge in [-0.25, -0.2) is 9.37 Å². The highest BCUT2D eigenvalue weighted by Gasteiger charge is 2.25. The van der Waals surface area contributed by atoms with E-state index in [1.165, 1.54) is 12.5 Å². The quantitative estimate of drug-likeness (QED) is 0.626. The van der Waals surface area contributed by atoms with Gasteiger partial charge in [-0.15, -0.1) is 0 Å². The maximum atomic E-state index is 13.3. The second-order valence-corrected chi connectivity index (χ2v) is 7.00. The zero-order valence-corrected chi connectivity index (χ0v) is 16.4. The largest absolute Gasteiger partial charge is 0.446 e. The van der Waals surface area contributed by atoms with E-state index in [4.69, 9.17) is 16.0 Å². The summed E-state index contributed by atoms with van der Waals surface area (Å²) in [6.45, 7) is 3.70. The highest BCUT2D eigenvalue weighted by Crippen LogP contribution is 2.24. The fourth-order valence-electron chi connectivity index (χ4n) is 2.56. The molecule has 0 fully saturated rings. The molecular formula is C20H18ClFN4O3. The van der Waals surface area contributed by atoms with Gasteiger partial charge in [0.2, 0.25) is 5.89 Å². The third-order valence-corrected chi connectivity index (χ3v) is 4.39. The van der Waals surface area contributed by atoms with Crippen LogP contribution in [0.1, 0.15) is 46.6 Å². The predicted octanol–water partition coefficient (Wildman–Crippen LogP) is 4.24. The van der Waals surface area contributed by atoms with Gasteiger partial charge >= 0.3 is 0 Å². The molecule has 29 heavy (non-hydrogen) atoms. The number of hydrogen-bond acceptors (Lipinski definition) is 5. The van der Waals surface area contributed by atoms with E-state index < -0.39 is 23.7 Å². The van der Waals surface area contributed by atoms with E-state index in [1.54, 1.807) is 24.3 Å². The smallest absolute Gasteiger partial charge is 0.277 e. The highest BCUT2D eigenvalue weighted by atomic mass is 35.5. The molecule has 2 heterocycles. The number of amides is 2. The van der Waals surface area contributed by atoms with Gasteiger partial charge in [-0.1, -0.05) is 37.6 Å². The van der Waals surface area contributed by atoms with Crippen molar-refractivity contribution in [3.05, 3.63) is 77.0 Å². The summed E-state index contributed by atoms with van der Waals surface area (Å²) < 4.78 is 18.7. The lowest BCUT2D eigenvalue weighted by atomic mass is 10.0. The SMILES string of the molecule is CC(C)[C@@H](NC(=O)c1cncc(F)c1)c1nc(C(=O)Nc2ccccc2Cl)co1. The number of pyridine rings is 1. The van der Waals surface area contributed by atoms with Crippen LogP contribution in [-0.2, 0) is 0 Å². The molecule has 0 saturated heterocycles. The van der Waals surface area contributed by atoms with E-state index in [9.17, 15) is 14.0 Å². The maximum absolute atomic E-state index is 13.3. The van der Waals surface area contributed by atoms with Gasteiger partial charge in [0.1, 0.15) is 18.1 Å². The molecule has 7 nitrogen and oxygen atoms in total. The molecule has 3 aromatic rings. The zero-order chi connectivity index (χ0) is 21.0. The molecule has 0 aliphatic rings. The van der Waals surface area contributed by atoms with Crippen molar-refractivity contribution in [3.63, 3.8) is 0 Å². The Morgan fingerprint density at radius 2 is 1.93 bits per heavy atom. The number of oxazole rings is 1. The molecule has 2 aromatic heterocycles. The lowest BCUT2D eigenvalue weighted by Crippen LogP contribution is -2.32. The van der Waals surface area contributed by atoms with E-state index in [-0.39, 0.29) is 23.1 Å². The van der Waals surface area contributed by atoms with Gasteiger partial charge in [-0.05, 0) is 24.1 Å². The average Bonchev–Trinajstić information content (AvgIpc) is 3.17. The topological polar surface area (TPSA) is 97.1 Å². The third-order valence-electron chi connectivity index (χ3n) is 4.06. The average molecular weight is 417 g/mol. The molecule has 0 radical (unpaired) electrons. The molecule has 1 atom stereocenters. The fourth-order valence-corrected chi connectivity index (χ4v) is 2.74. The lowest BCUT2D eigenvalue weighted by Gasteiger charge is -2.19. The van der Waals surface area contributed by atoms with E-state index in [2.05, 4.69) is 20.6 Å². The lowest BCUT2D eigenvalue weighted by molar-refractivity contribution is 0.0915. The van der Waals surface area contributed by atoms with Gasteiger partial charge < -0.3 is 15.1 Å². The Morgan fingerprint density at radius 1 is 1.17 bits per heavy atom. The van der Waals surface area contributed by atoms with Crippen LogP contribution in [0.2, 0.25) is 5.02 Å². The number of hydrogen-bond donors (Lipinski definition) is 2. The third kappa shape index (κ3) is 4.97. The summed E-state index contributed by atoms with van der Waals surface area (Å²) in [5, 5.41) is 5.77. The van der Waals surface area contributed by atoms with Gasteiger partial charge in [-0.2, -0.15) is 0 Å². The second kappa shape index (κ2) is 8.83. The predicted molar refractivity (Wildman–Crippen MR) is 105 cm³/mol. The molecular weight excluding hydrogens is 399 g/mol. The normalized spacial score (nSPS) is 11.9. The Hall–Kier alpha value is -3.26. The maximum Gasteiger partial charge on any atom is 0.277 e. The van der Waals surface area contributed by atoms with Crippen molar-refractivity contribution in [2.24, 2.45) is 5.92 Å². The van der Waals surface area contributed by atoms with E-state index >= 15 is 0 Å². The molecule has 0 spiro atoms. The fraction of sp³-hybridized carbons (Fsp3) is 0.200. The van der Waals surface area contributed by atoms with Gasteiger partial charge in [0, 0.05) is 6.20 Å². The monoisotopic (exact) mass is 416 g/mol. The van der Waals surface area contributed by atoms with Crippen LogP contribution < -0.4 is 10.6 Å². The summed E-state index contributed by atoms with van der Waals surface area (Å²) in [5.74, 6) is -1.61. The highest BCUT2D eigenvalue weighted by molar-refractivity contribution is 6.33. The van der Waals surface area contributed by atoms with Crippen molar-refractivity contribution in [3.8, 4) is 0 Å². The summed E-state index contributed by atoms with van der Waals surface area (Å²) in [7, 11) is 0. The Balaban J connectivity index is 1.76. The van der Waals surface area contributed by atoms with Gasteiger partial charge in [0.15, 0.2) is 5.69 Å². The summed E-state index contributed by atoms with van der Waals surface area (Å²) >= 11 is 6.04. The van der Waals surface area contributed by atoms with Gasteiger partial charge in [0.05, 0.1) is 22.5 Å². The number of carbonyl (C=O) groups excluding carboxylic acids is 2. The number of nitrogens with zero attached hydrogens (tertiary/aromatic N) is 2. The number of rotatable bonds is 6. The molecule has 2 amide bonds. The van der Waals surface area contributed by atoms with E-state index in [0.717, 1.165) is 12.3 Å². The van der Waals surface area contributed by atoms with Crippen molar-refractivity contribution in [1.29, 1.82) is 0 Å². The minimum atomic E-state index is -0.632. The number of halogens is 2. The standard InChI is InChI=1S/C20H18ClFN4O3/c1-11(2)17(26-18(27)12-7-13(22)9-23-8-12)20-25-16(10-29-20)19(28)24-15-6-4-3-5-14(15)21/h3-11,17H,1-2H3,(H,24,28)(H,26,27)/t17-/m1/s1. The second-order valence-electron chi connectivity index (χ2n) is 6.59. The summed E-state index contributed by atoms with van der Waals surface area (Å²) in [6.07, 6.45) is 3.47. The first kappa shape index (κ1) is 20.5. The van der Waals surface area contributed by atoms with Crippen LogP contribution in [0.5, 0.6) is 0 Å². The molecule has 0 aliphatic heterocycles. The first-order valence-electron chi connectivity index (χ1n) is 8.78. The minimum absolute atomic E-state index is 0.0345. The van der Waals surface area contributed by atoms with Crippen molar-refractivity contribution < 1.29 is 18.4 Å². The van der Waals surface area contributed by atoms with Crippen LogP contribution in [0.4, 0.5) is 10.1 Å². The molecule has 150 valence electrons. The number of anilines is 1. The Kier molecular flexibility index (Phi) is 6.23. The Bertz CT molecular complexity index is 1040. The summed E-state index contributed by atoms with van der Waals surface area (Å²) in [5.41, 5.74) is 0.544. The van der Waals surface area contributed by atoms with Crippen LogP contribution in [0.25, 0.3) is 0 Å². The zero-order valence-electron chi connectivity index (χ0n) is 15.6. The van der Waals surface area contributed by atoms with Crippen LogP contribution in [-0.4, -0.2) is 21.8 Å². The molecule has 0 aliphatic carbocycles. The van der Waals surface area contributed by atoms with Crippen LogP contribution >= 0.6 is 11.6 Å². The van der Waals surface area contributed by atoms with Crippen LogP contribution in [0.15, 0.2) is 53.4 Å². The van der Waals surface area contributed by atoms with Gasteiger partial charge in [0.25, 0.3) is 11.8 Å². The number of nitrogens with one attached hydrogen (secondary N) is 2. The first-order chi connectivity index (χ1) is 13.8. The Morgan fingerprint density at radius 3 is 2.62 bits per heavy atom. The number of aromatic nitrogens is 2. The number of carbonyl (C=O) groups is 2. The molecule has 0 bridgehead atoms. The van der Waals surface area contributed by atoms with Gasteiger partial charge in [-0.3, -0.25) is 14.6 Å². The number of para-hydroxylation sites is 1. The van der Waals surface area contributed by atoms with Crippen molar-refractivity contribution in [2.45, 2.75) is 19.9 Å². The van der Waals surface area contributed by atoms with E-state index in [0.29, 0.717) is 10.7 Å². The summed E-state index contributed by atoms with van der Waals surface area (Å²) in [6, 6.07) is 7.24. The molecule has 2 N–H and O–H groups in total. The van der Waals surface area contributed by atoms with Crippen molar-refractivity contribution in [1.82, 2.24) is 15.3 Å². The van der Waals surface area contributed by atoms with Crippen LogP contribution in [0.3, 0.4) is 0 Å². The van der Waals surface area contributed by atoms with Crippen molar-refractivity contribution in [2.75, 3.05) is 5.32 Å². The van der Waals surface area contributed by atoms with E-state index in [1.807, 2.05) is 13.8 Å². The molecule has 3 rings (SSSR count). The molecule has 0 saturated carbocycles. The minimum Gasteiger partial charge on any atom is -0.446 e.